The summed E-state index contributed by atoms with van der Waals surface area (Å²) in [6, 6.07) is 11.6. The summed E-state index contributed by atoms with van der Waals surface area (Å²) >= 11 is 9.03. The van der Waals surface area contributed by atoms with E-state index in [2.05, 4.69) is 26.5 Å². The molecular formula is C15H12BrClN2O3. The second-order valence-corrected chi connectivity index (χ2v) is 5.59. The average molecular weight is 384 g/mol. The van der Waals surface area contributed by atoms with Crippen LogP contribution in [-0.2, 0) is 4.79 Å². The first kappa shape index (κ1) is 16.3. The molecule has 0 aliphatic carbocycles. The van der Waals surface area contributed by atoms with E-state index in [0.717, 1.165) is 4.47 Å². The zero-order valence-corrected chi connectivity index (χ0v) is 13.6. The molecule has 0 aliphatic heterocycles. The van der Waals surface area contributed by atoms with Crippen molar-refractivity contribution >= 4 is 39.7 Å². The SMILES string of the molecule is O=C(COc1ccc(Cl)cc1)N/N=C\c1cc(Br)ccc1O. The van der Waals surface area contributed by atoms with Crippen LogP contribution in [0, 0.1) is 0 Å². The summed E-state index contributed by atoms with van der Waals surface area (Å²) in [5.74, 6) is 0.187. The summed E-state index contributed by atoms with van der Waals surface area (Å²) in [5.41, 5.74) is 2.79. The lowest BCUT2D eigenvalue weighted by Crippen LogP contribution is -2.24. The van der Waals surface area contributed by atoms with Gasteiger partial charge in [-0.1, -0.05) is 27.5 Å². The summed E-state index contributed by atoms with van der Waals surface area (Å²) in [5, 5.41) is 14.0. The third kappa shape index (κ3) is 5.05. The van der Waals surface area contributed by atoms with Crippen LogP contribution < -0.4 is 10.2 Å². The highest BCUT2D eigenvalue weighted by Crippen LogP contribution is 2.20. The Bertz CT molecular complexity index is 690. The topological polar surface area (TPSA) is 70.9 Å². The molecule has 1 amide bonds. The van der Waals surface area contributed by atoms with E-state index in [4.69, 9.17) is 16.3 Å². The van der Waals surface area contributed by atoms with Gasteiger partial charge in [-0.3, -0.25) is 4.79 Å². The van der Waals surface area contributed by atoms with E-state index in [0.29, 0.717) is 16.3 Å². The van der Waals surface area contributed by atoms with Gasteiger partial charge in [0.05, 0.1) is 6.21 Å². The first-order chi connectivity index (χ1) is 10.5. The van der Waals surface area contributed by atoms with Crippen LogP contribution in [0.5, 0.6) is 11.5 Å². The number of carbonyl (C=O) groups is 1. The number of nitrogens with zero attached hydrogens (tertiary/aromatic N) is 1. The smallest absolute Gasteiger partial charge is 0.277 e. The molecule has 22 heavy (non-hydrogen) atoms. The van der Waals surface area contributed by atoms with Crippen LogP contribution in [0.3, 0.4) is 0 Å². The van der Waals surface area contributed by atoms with Crippen LogP contribution in [-0.4, -0.2) is 23.8 Å². The minimum absolute atomic E-state index is 0.0682. The van der Waals surface area contributed by atoms with Crippen molar-refractivity contribution in [1.82, 2.24) is 5.43 Å². The summed E-state index contributed by atoms with van der Waals surface area (Å²) in [7, 11) is 0. The number of hydrogen-bond donors (Lipinski definition) is 2. The number of phenols is 1. The molecule has 2 N–H and O–H groups in total. The van der Waals surface area contributed by atoms with Gasteiger partial charge in [0.15, 0.2) is 6.61 Å². The molecule has 0 bridgehead atoms. The Kier molecular flexibility index (Phi) is 5.80. The number of amides is 1. The molecule has 7 heteroatoms. The van der Waals surface area contributed by atoms with Crippen LogP contribution in [0.4, 0.5) is 0 Å². The van der Waals surface area contributed by atoms with E-state index >= 15 is 0 Å². The van der Waals surface area contributed by atoms with Gasteiger partial charge in [-0.2, -0.15) is 5.10 Å². The fourth-order valence-electron chi connectivity index (χ4n) is 1.51. The Morgan fingerprint density at radius 1 is 1.32 bits per heavy atom. The van der Waals surface area contributed by atoms with Crippen LogP contribution >= 0.6 is 27.5 Å². The van der Waals surface area contributed by atoms with Crippen molar-refractivity contribution in [2.45, 2.75) is 0 Å². The van der Waals surface area contributed by atoms with Crippen molar-refractivity contribution in [2.75, 3.05) is 6.61 Å². The van der Waals surface area contributed by atoms with Crippen LogP contribution in [0.2, 0.25) is 5.02 Å². The molecule has 0 aliphatic rings. The molecule has 0 unspecified atom stereocenters. The predicted molar refractivity (Wildman–Crippen MR) is 88.5 cm³/mol. The number of halogens is 2. The lowest BCUT2D eigenvalue weighted by atomic mass is 10.2. The summed E-state index contributed by atoms with van der Waals surface area (Å²) in [4.78, 5) is 11.6. The number of ether oxygens (including phenoxy) is 1. The van der Waals surface area contributed by atoms with E-state index in [-0.39, 0.29) is 12.4 Å². The second kappa shape index (κ2) is 7.82. The summed E-state index contributed by atoms with van der Waals surface area (Å²) in [6.07, 6.45) is 1.35. The molecule has 114 valence electrons. The number of carbonyl (C=O) groups excluding carboxylic acids is 1. The number of benzene rings is 2. The molecule has 2 rings (SSSR count). The molecule has 0 radical (unpaired) electrons. The third-order valence-electron chi connectivity index (χ3n) is 2.57. The molecule has 5 nitrogen and oxygen atoms in total. The zero-order valence-electron chi connectivity index (χ0n) is 11.3. The molecular weight excluding hydrogens is 372 g/mol. The normalized spacial score (nSPS) is 10.6. The van der Waals surface area contributed by atoms with Gasteiger partial charge in [-0.25, -0.2) is 5.43 Å². The maximum Gasteiger partial charge on any atom is 0.277 e. The fourth-order valence-corrected chi connectivity index (χ4v) is 2.02. The number of phenolic OH excluding ortho intramolecular Hbond substituents is 1. The van der Waals surface area contributed by atoms with Gasteiger partial charge in [0.2, 0.25) is 0 Å². The van der Waals surface area contributed by atoms with E-state index < -0.39 is 5.91 Å². The van der Waals surface area contributed by atoms with Gasteiger partial charge < -0.3 is 9.84 Å². The predicted octanol–water partition coefficient (Wildman–Crippen LogP) is 3.34. The first-order valence-electron chi connectivity index (χ1n) is 6.23. The Morgan fingerprint density at radius 2 is 2.05 bits per heavy atom. The minimum Gasteiger partial charge on any atom is -0.507 e. The van der Waals surface area contributed by atoms with E-state index in [1.54, 1.807) is 36.4 Å². The number of rotatable bonds is 5. The summed E-state index contributed by atoms with van der Waals surface area (Å²) < 4.78 is 6.06. The summed E-state index contributed by atoms with van der Waals surface area (Å²) in [6.45, 7) is -0.177. The highest BCUT2D eigenvalue weighted by molar-refractivity contribution is 9.10. The largest absolute Gasteiger partial charge is 0.507 e. The maximum absolute atomic E-state index is 11.6. The number of hydrazone groups is 1. The molecule has 0 aromatic heterocycles. The van der Waals surface area contributed by atoms with Crippen LogP contribution in [0.25, 0.3) is 0 Å². The lowest BCUT2D eigenvalue weighted by Gasteiger charge is -2.05. The van der Waals surface area contributed by atoms with Crippen molar-refractivity contribution in [2.24, 2.45) is 5.10 Å². The third-order valence-corrected chi connectivity index (χ3v) is 3.31. The van der Waals surface area contributed by atoms with E-state index in [9.17, 15) is 9.90 Å². The molecule has 0 fully saturated rings. The molecule has 0 saturated heterocycles. The van der Waals surface area contributed by atoms with Gasteiger partial charge in [0.25, 0.3) is 5.91 Å². The van der Waals surface area contributed by atoms with Crippen molar-refractivity contribution in [3.63, 3.8) is 0 Å². The van der Waals surface area contributed by atoms with E-state index in [1.807, 2.05) is 0 Å². The zero-order chi connectivity index (χ0) is 15.9. The molecule has 0 saturated carbocycles. The Morgan fingerprint density at radius 3 is 2.77 bits per heavy atom. The average Bonchev–Trinajstić information content (AvgIpc) is 2.50. The van der Waals surface area contributed by atoms with Crippen LogP contribution in [0.1, 0.15) is 5.56 Å². The van der Waals surface area contributed by atoms with E-state index in [1.165, 1.54) is 12.3 Å². The number of hydrogen-bond acceptors (Lipinski definition) is 4. The molecule has 0 heterocycles. The maximum atomic E-state index is 11.6. The van der Waals surface area contributed by atoms with Crippen molar-refractivity contribution in [3.8, 4) is 11.5 Å². The minimum atomic E-state index is -0.416. The van der Waals surface area contributed by atoms with Crippen molar-refractivity contribution in [1.29, 1.82) is 0 Å². The molecule has 2 aromatic carbocycles. The quantitative estimate of drug-likeness (QED) is 0.614. The Hall–Kier alpha value is -2.05. The monoisotopic (exact) mass is 382 g/mol. The van der Waals surface area contributed by atoms with Gasteiger partial charge in [0, 0.05) is 15.1 Å². The number of nitrogens with one attached hydrogen (secondary N) is 1. The van der Waals surface area contributed by atoms with Crippen molar-refractivity contribution in [3.05, 3.63) is 57.5 Å². The van der Waals surface area contributed by atoms with Crippen LogP contribution in [0.15, 0.2) is 52.0 Å². The van der Waals surface area contributed by atoms with Crippen molar-refractivity contribution < 1.29 is 14.6 Å². The van der Waals surface area contributed by atoms with Gasteiger partial charge >= 0.3 is 0 Å². The highest BCUT2D eigenvalue weighted by atomic mass is 79.9. The van der Waals surface area contributed by atoms with Gasteiger partial charge in [-0.05, 0) is 42.5 Å². The number of aromatic hydroxyl groups is 1. The lowest BCUT2D eigenvalue weighted by molar-refractivity contribution is -0.123. The second-order valence-electron chi connectivity index (χ2n) is 4.24. The Labute approximate surface area is 140 Å². The molecule has 0 atom stereocenters. The van der Waals surface area contributed by atoms with Gasteiger partial charge in [0.1, 0.15) is 11.5 Å². The fraction of sp³-hybridized carbons (Fsp3) is 0.0667. The molecule has 0 spiro atoms. The standard InChI is InChI=1S/C15H12BrClN2O3/c16-11-1-6-14(20)10(7-11)8-18-19-15(21)9-22-13-4-2-12(17)3-5-13/h1-8,20H,9H2,(H,19,21)/b18-8-. The first-order valence-corrected chi connectivity index (χ1v) is 7.40. The highest BCUT2D eigenvalue weighted by Gasteiger charge is 2.02. The Balaban J connectivity index is 1.83. The van der Waals surface area contributed by atoms with Gasteiger partial charge in [-0.15, -0.1) is 0 Å². The molecule has 2 aromatic rings.